The van der Waals surface area contributed by atoms with Gasteiger partial charge in [0.05, 0.1) is 0 Å². The molecular formula is C2H3N2O4P. The Labute approximate surface area is 50.0 Å². The Kier molecular flexibility index (Phi) is 0.634. The Balaban J connectivity index is 2.21. The quantitative estimate of drug-likeness (QED) is 0.305. The van der Waals surface area contributed by atoms with E-state index in [9.17, 15) is 4.57 Å². The number of nitrogens with two attached hydrogens (primary N) is 1. The molecule has 3 aliphatic heterocycles. The fourth-order valence-electron chi connectivity index (χ4n) is 0.610. The third-order valence-electron chi connectivity index (χ3n) is 1.03. The number of phosphoric acid groups is 1. The van der Waals surface area contributed by atoms with Crippen LogP contribution in [0.2, 0.25) is 0 Å². The molecule has 0 spiro atoms. The Morgan fingerprint density at radius 3 is 2.11 bits per heavy atom. The highest BCUT2D eigenvalue weighted by Crippen LogP contribution is 2.79. The molecule has 0 aromatic heterocycles. The van der Waals surface area contributed by atoms with Crippen LogP contribution in [0.1, 0.15) is 0 Å². The molecule has 9 heavy (non-hydrogen) atoms. The predicted octanol–water partition coefficient (Wildman–Crippen LogP) is -0.239. The van der Waals surface area contributed by atoms with Crippen molar-refractivity contribution in [3.8, 4) is 0 Å². The van der Waals surface area contributed by atoms with Crippen molar-refractivity contribution >= 4 is 13.7 Å². The normalized spacial score (nSPS) is 53.3. The maximum Gasteiger partial charge on any atom is 0.489 e. The first-order valence-corrected chi connectivity index (χ1v) is 3.59. The minimum absolute atomic E-state index is 0.416. The summed E-state index contributed by atoms with van der Waals surface area (Å²) in [5.74, 6) is -1.99. The van der Waals surface area contributed by atoms with Crippen molar-refractivity contribution in [2.45, 2.75) is 5.97 Å². The van der Waals surface area contributed by atoms with E-state index in [4.69, 9.17) is 11.1 Å². The van der Waals surface area contributed by atoms with Crippen LogP contribution < -0.4 is 5.73 Å². The van der Waals surface area contributed by atoms with Gasteiger partial charge in [0.25, 0.3) is 0 Å². The average Bonchev–Trinajstić information content (AvgIpc) is 1.54. The first-order chi connectivity index (χ1) is 4.06. The van der Waals surface area contributed by atoms with Crippen LogP contribution in [-0.4, -0.2) is 11.8 Å². The van der Waals surface area contributed by atoms with Crippen LogP contribution in [-0.2, 0) is 18.1 Å². The lowest BCUT2D eigenvalue weighted by Crippen LogP contribution is -2.64. The zero-order chi connectivity index (χ0) is 6.70. The smallest absolute Gasteiger partial charge is 0.381 e. The Morgan fingerprint density at radius 1 is 1.56 bits per heavy atom. The van der Waals surface area contributed by atoms with Gasteiger partial charge in [-0.05, 0) is 0 Å². The largest absolute Gasteiger partial charge is 0.489 e. The van der Waals surface area contributed by atoms with Crippen molar-refractivity contribution in [1.82, 2.24) is 0 Å². The highest BCUT2D eigenvalue weighted by Gasteiger charge is 2.77. The van der Waals surface area contributed by atoms with Gasteiger partial charge >= 0.3 is 13.8 Å². The third kappa shape index (κ3) is 0.424. The summed E-state index contributed by atoms with van der Waals surface area (Å²) in [4.78, 5) is 0. The summed E-state index contributed by atoms with van der Waals surface area (Å²) < 4.78 is 23.7. The van der Waals surface area contributed by atoms with E-state index < -0.39 is 19.6 Å². The molecule has 0 amide bonds. The Morgan fingerprint density at radius 2 is 2.00 bits per heavy atom. The molecule has 50 valence electrons. The molecule has 0 atom stereocenters. The summed E-state index contributed by atoms with van der Waals surface area (Å²) in [6.45, 7) is 0. The zero-order valence-electron chi connectivity index (χ0n) is 4.16. The van der Waals surface area contributed by atoms with Crippen molar-refractivity contribution in [3.63, 3.8) is 0 Å². The van der Waals surface area contributed by atoms with E-state index >= 15 is 0 Å². The number of hydrogen-bond donors (Lipinski definition) is 2. The van der Waals surface area contributed by atoms with Gasteiger partial charge in [0, 0.05) is 0 Å². The van der Waals surface area contributed by atoms with Gasteiger partial charge in [-0.3, -0.25) is 5.41 Å². The molecule has 3 aliphatic rings. The fourth-order valence-corrected chi connectivity index (χ4v) is 1.83. The summed E-state index contributed by atoms with van der Waals surface area (Å²) >= 11 is 0. The van der Waals surface area contributed by atoms with Gasteiger partial charge in [-0.25, -0.2) is 18.1 Å². The number of phosphoric ester groups is 1. The Hall–Kier alpha value is -0.420. The van der Waals surface area contributed by atoms with E-state index in [1.165, 1.54) is 0 Å². The lowest BCUT2D eigenvalue weighted by Gasteiger charge is -2.53. The van der Waals surface area contributed by atoms with Crippen molar-refractivity contribution in [2.75, 3.05) is 0 Å². The molecule has 0 radical (unpaired) electrons. The van der Waals surface area contributed by atoms with Crippen LogP contribution >= 0.6 is 7.82 Å². The SMILES string of the molecule is N=C(N)C12OP(=O)(O1)O2. The van der Waals surface area contributed by atoms with Crippen LogP contribution in [0.25, 0.3) is 0 Å². The van der Waals surface area contributed by atoms with Crippen LogP contribution in [0.15, 0.2) is 0 Å². The molecule has 0 unspecified atom stereocenters. The molecular weight excluding hydrogens is 147 g/mol. The summed E-state index contributed by atoms with van der Waals surface area (Å²) in [6.07, 6.45) is 0. The summed E-state index contributed by atoms with van der Waals surface area (Å²) in [7, 11) is -3.16. The fraction of sp³-hybridized carbons (Fsp3) is 0.500. The second-order valence-electron chi connectivity index (χ2n) is 1.69. The number of rotatable bonds is 1. The minimum atomic E-state index is -3.16. The van der Waals surface area contributed by atoms with Crippen LogP contribution in [0.4, 0.5) is 0 Å². The van der Waals surface area contributed by atoms with Gasteiger partial charge < -0.3 is 5.73 Å². The van der Waals surface area contributed by atoms with E-state index in [1.54, 1.807) is 0 Å². The van der Waals surface area contributed by atoms with Gasteiger partial charge in [0.2, 0.25) is 0 Å². The van der Waals surface area contributed by atoms with E-state index in [2.05, 4.69) is 13.6 Å². The molecule has 0 aromatic carbocycles. The van der Waals surface area contributed by atoms with Crippen molar-refractivity contribution in [1.29, 1.82) is 5.41 Å². The molecule has 2 bridgehead atoms. The molecule has 3 heterocycles. The van der Waals surface area contributed by atoms with Gasteiger partial charge in [-0.1, -0.05) is 0 Å². The van der Waals surface area contributed by atoms with E-state index in [-0.39, 0.29) is 0 Å². The maximum absolute atomic E-state index is 10.4. The highest BCUT2D eigenvalue weighted by molar-refractivity contribution is 7.52. The van der Waals surface area contributed by atoms with Crippen LogP contribution in [0, 0.1) is 5.41 Å². The lowest BCUT2D eigenvalue weighted by atomic mass is 10.5. The Bertz CT molecular complexity index is 210. The summed E-state index contributed by atoms with van der Waals surface area (Å²) in [5, 5.41) is 6.75. The molecule has 3 rings (SSSR count). The van der Waals surface area contributed by atoms with Crippen LogP contribution in [0.3, 0.4) is 0 Å². The van der Waals surface area contributed by atoms with Gasteiger partial charge in [-0.15, -0.1) is 0 Å². The van der Waals surface area contributed by atoms with Crippen molar-refractivity contribution in [2.24, 2.45) is 5.73 Å². The number of amidine groups is 1. The van der Waals surface area contributed by atoms with E-state index in [0.29, 0.717) is 0 Å². The summed E-state index contributed by atoms with van der Waals surface area (Å²) in [6, 6.07) is 0. The molecule has 6 nitrogen and oxygen atoms in total. The summed E-state index contributed by atoms with van der Waals surface area (Å²) in [5.41, 5.74) is 4.92. The van der Waals surface area contributed by atoms with E-state index in [0.717, 1.165) is 0 Å². The molecule has 0 saturated carbocycles. The first kappa shape index (κ1) is 5.37. The van der Waals surface area contributed by atoms with E-state index in [1.807, 2.05) is 0 Å². The average molecular weight is 150 g/mol. The van der Waals surface area contributed by atoms with Gasteiger partial charge in [0.15, 0.2) is 5.84 Å². The number of hydrogen-bond acceptors (Lipinski definition) is 5. The highest BCUT2D eigenvalue weighted by atomic mass is 31.2. The molecule has 0 aliphatic carbocycles. The van der Waals surface area contributed by atoms with Gasteiger partial charge in [-0.2, -0.15) is 0 Å². The standard InChI is InChI=1S/C2H3N2O4P/c3-1(4)2-6-9(5,7-2)8-2/h(H3,3,4). The molecule has 3 N–H and O–H groups in total. The maximum atomic E-state index is 10.4. The molecule has 0 aromatic rings. The van der Waals surface area contributed by atoms with Crippen molar-refractivity contribution in [3.05, 3.63) is 0 Å². The second-order valence-corrected chi connectivity index (χ2v) is 3.13. The van der Waals surface area contributed by atoms with Gasteiger partial charge in [0.1, 0.15) is 0 Å². The molecule has 3 saturated heterocycles. The number of nitrogens with one attached hydrogen (secondary N) is 1. The third-order valence-corrected chi connectivity index (χ3v) is 2.42. The second kappa shape index (κ2) is 1.06. The predicted molar refractivity (Wildman–Crippen MR) is 25.5 cm³/mol. The first-order valence-electron chi connectivity index (χ1n) is 2.13. The molecule has 7 heteroatoms. The lowest BCUT2D eigenvalue weighted by molar-refractivity contribution is -0.384. The zero-order valence-corrected chi connectivity index (χ0v) is 5.05. The van der Waals surface area contributed by atoms with Crippen molar-refractivity contribution < 1.29 is 18.1 Å². The topological polar surface area (TPSA) is 94.6 Å². The minimum Gasteiger partial charge on any atom is -0.381 e. The monoisotopic (exact) mass is 150 g/mol. The molecule has 3 fully saturated rings. The van der Waals surface area contributed by atoms with Crippen LogP contribution in [0.5, 0.6) is 0 Å².